The number of allylic oxidation sites excluding steroid dienone is 2. The van der Waals surface area contributed by atoms with Gasteiger partial charge in [-0.1, -0.05) is 11.6 Å². The van der Waals surface area contributed by atoms with Gasteiger partial charge in [-0.05, 0) is 20.8 Å². The van der Waals surface area contributed by atoms with Crippen LogP contribution in [0.1, 0.15) is 20.8 Å². The molecule has 1 aliphatic rings. The molecule has 0 bridgehead atoms. The molecule has 5 heteroatoms. The van der Waals surface area contributed by atoms with Crippen molar-refractivity contribution in [3.8, 4) is 0 Å². The molecule has 0 N–H and O–H groups in total. The van der Waals surface area contributed by atoms with E-state index < -0.39 is 24.1 Å². The Balaban J connectivity index is 2.52. The van der Waals surface area contributed by atoms with E-state index in [2.05, 4.69) is 0 Å². The summed E-state index contributed by atoms with van der Waals surface area (Å²) in [6, 6.07) is 0. The fraction of sp³-hybridized carbons (Fsp3) is 0.538. The largest absolute Gasteiger partial charge is 0.453 e. The molecular weight excluding hydrogens is 236 g/mol. The molecule has 0 aromatic heterocycles. The van der Waals surface area contributed by atoms with Crippen molar-refractivity contribution < 1.29 is 23.8 Å². The summed E-state index contributed by atoms with van der Waals surface area (Å²) in [6.45, 7) is 5.82. The molecule has 0 saturated carbocycles. The van der Waals surface area contributed by atoms with Gasteiger partial charge in [0, 0.05) is 12.2 Å². The SMILES string of the molecule is CC=CC(=O)OC1COCC1OC(=O)C=C(C)C. The van der Waals surface area contributed by atoms with Crippen molar-refractivity contribution in [1.29, 1.82) is 0 Å². The molecule has 1 heterocycles. The number of carbonyl (C=O) groups is 2. The summed E-state index contributed by atoms with van der Waals surface area (Å²) in [5.41, 5.74) is 0.848. The van der Waals surface area contributed by atoms with Crippen LogP contribution < -0.4 is 0 Å². The molecule has 100 valence electrons. The van der Waals surface area contributed by atoms with Crippen molar-refractivity contribution >= 4 is 11.9 Å². The van der Waals surface area contributed by atoms with Gasteiger partial charge < -0.3 is 14.2 Å². The Labute approximate surface area is 106 Å². The minimum absolute atomic E-state index is 0.246. The molecule has 0 aromatic rings. The van der Waals surface area contributed by atoms with Crippen LogP contribution in [0, 0.1) is 0 Å². The quantitative estimate of drug-likeness (QED) is 0.560. The molecule has 1 saturated heterocycles. The molecule has 0 aromatic carbocycles. The van der Waals surface area contributed by atoms with Gasteiger partial charge in [-0.25, -0.2) is 9.59 Å². The van der Waals surface area contributed by atoms with E-state index in [0.29, 0.717) is 0 Å². The second-order valence-electron chi connectivity index (χ2n) is 4.21. The van der Waals surface area contributed by atoms with Crippen LogP contribution in [0.25, 0.3) is 0 Å². The molecule has 0 amide bonds. The van der Waals surface area contributed by atoms with Crippen LogP contribution in [0.4, 0.5) is 0 Å². The van der Waals surface area contributed by atoms with Crippen molar-refractivity contribution in [3.63, 3.8) is 0 Å². The lowest BCUT2D eigenvalue weighted by Gasteiger charge is -2.17. The number of hydrogen-bond donors (Lipinski definition) is 0. The number of ether oxygens (including phenoxy) is 3. The zero-order valence-corrected chi connectivity index (χ0v) is 10.8. The zero-order chi connectivity index (χ0) is 13.5. The van der Waals surface area contributed by atoms with Crippen molar-refractivity contribution in [1.82, 2.24) is 0 Å². The smallest absolute Gasteiger partial charge is 0.331 e. The summed E-state index contributed by atoms with van der Waals surface area (Å²) in [4.78, 5) is 22.7. The first-order chi connectivity index (χ1) is 8.52. The predicted molar refractivity (Wildman–Crippen MR) is 64.8 cm³/mol. The number of rotatable bonds is 4. The van der Waals surface area contributed by atoms with E-state index >= 15 is 0 Å². The monoisotopic (exact) mass is 254 g/mol. The summed E-state index contributed by atoms with van der Waals surface area (Å²) in [6.07, 6.45) is 3.21. The average Bonchev–Trinajstić information content (AvgIpc) is 2.64. The van der Waals surface area contributed by atoms with Gasteiger partial charge in [0.25, 0.3) is 0 Å². The van der Waals surface area contributed by atoms with Crippen LogP contribution in [0.2, 0.25) is 0 Å². The first kappa shape index (κ1) is 14.4. The number of carbonyl (C=O) groups excluding carboxylic acids is 2. The lowest BCUT2D eigenvalue weighted by Crippen LogP contribution is -2.33. The third-order valence-electron chi connectivity index (χ3n) is 2.22. The zero-order valence-electron chi connectivity index (χ0n) is 10.8. The Morgan fingerprint density at radius 1 is 1.11 bits per heavy atom. The second kappa shape index (κ2) is 6.96. The molecule has 2 unspecified atom stereocenters. The highest BCUT2D eigenvalue weighted by Gasteiger charge is 2.33. The summed E-state index contributed by atoms with van der Waals surface area (Å²) >= 11 is 0. The highest BCUT2D eigenvalue weighted by atomic mass is 16.6. The van der Waals surface area contributed by atoms with Gasteiger partial charge in [-0.2, -0.15) is 0 Å². The summed E-state index contributed by atoms with van der Waals surface area (Å²) < 4.78 is 15.4. The molecule has 0 spiro atoms. The fourth-order valence-corrected chi connectivity index (χ4v) is 1.48. The summed E-state index contributed by atoms with van der Waals surface area (Å²) in [5.74, 6) is -0.908. The molecule has 5 nitrogen and oxygen atoms in total. The van der Waals surface area contributed by atoms with Crippen LogP contribution in [0.15, 0.2) is 23.8 Å². The maximum absolute atomic E-state index is 11.5. The van der Waals surface area contributed by atoms with Crippen LogP contribution in [-0.4, -0.2) is 37.4 Å². The van der Waals surface area contributed by atoms with Gasteiger partial charge in [0.1, 0.15) is 0 Å². The first-order valence-corrected chi connectivity index (χ1v) is 5.79. The Morgan fingerprint density at radius 2 is 1.67 bits per heavy atom. The van der Waals surface area contributed by atoms with Crippen LogP contribution in [0.3, 0.4) is 0 Å². The molecule has 0 aliphatic carbocycles. The lowest BCUT2D eigenvalue weighted by atomic mass is 10.2. The van der Waals surface area contributed by atoms with E-state index in [4.69, 9.17) is 14.2 Å². The first-order valence-electron chi connectivity index (χ1n) is 5.79. The minimum atomic E-state index is -0.540. The van der Waals surface area contributed by atoms with Gasteiger partial charge in [0.15, 0.2) is 12.2 Å². The summed E-state index contributed by atoms with van der Waals surface area (Å²) in [5, 5.41) is 0. The van der Waals surface area contributed by atoms with E-state index in [1.807, 2.05) is 0 Å². The second-order valence-corrected chi connectivity index (χ2v) is 4.21. The normalized spacial score (nSPS) is 22.8. The fourth-order valence-electron chi connectivity index (χ4n) is 1.48. The number of hydrogen-bond acceptors (Lipinski definition) is 5. The van der Waals surface area contributed by atoms with Crippen molar-refractivity contribution in [2.24, 2.45) is 0 Å². The standard InChI is InChI=1S/C13H18O5/c1-4-5-12(14)17-10-7-16-8-11(10)18-13(15)6-9(2)3/h4-6,10-11H,7-8H2,1-3H3. The predicted octanol–water partition coefficient (Wildman–Crippen LogP) is 1.38. The number of esters is 2. The van der Waals surface area contributed by atoms with Gasteiger partial charge in [-0.15, -0.1) is 0 Å². The van der Waals surface area contributed by atoms with Crippen molar-refractivity contribution in [3.05, 3.63) is 23.8 Å². The third-order valence-corrected chi connectivity index (χ3v) is 2.22. The van der Waals surface area contributed by atoms with Crippen molar-refractivity contribution in [2.45, 2.75) is 33.0 Å². The van der Waals surface area contributed by atoms with E-state index in [9.17, 15) is 9.59 Å². The Kier molecular flexibility index (Phi) is 5.58. The summed E-state index contributed by atoms with van der Waals surface area (Å²) in [7, 11) is 0. The highest BCUT2D eigenvalue weighted by molar-refractivity contribution is 5.83. The van der Waals surface area contributed by atoms with E-state index in [1.54, 1.807) is 26.8 Å². The topological polar surface area (TPSA) is 61.8 Å². The van der Waals surface area contributed by atoms with Crippen LogP contribution in [-0.2, 0) is 23.8 Å². The molecule has 1 aliphatic heterocycles. The molecule has 2 atom stereocenters. The van der Waals surface area contributed by atoms with E-state index in [-0.39, 0.29) is 13.2 Å². The van der Waals surface area contributed by atoms with Crippen molar-refractivity contribution in [2.75, 3.05) is 13.2 Å². The maximum Gasteiger partial charge on any atom is 0.331 e. The van der Waals surface area contributed by atoms with Gasteiger partial charge in [-0.3, -0.25) is 0 Å². The van der Waals surface area contributed by atoms with Crippen LogP contribution >= 0.6 is 0 Å². The Bertz CT molecular complexity index is 366. The highest BCUT2D eigenvalue weighted by Crippen LogP contribution is 2.14. The van der Waals surface area contributed by atoms with Crippen LogP contribution in [0.5, 0.6) is 0 Å². The van der Waals surface area contributed by atoms with E-state index in [0.717, 1.165) is 5.57 Å². The Hall–Kier alpha value is -1.62. The maximum atomic E-state index is 11.5. The molecule has 0 radical (unpaired) electrons. The third kappa shape index (κ3) is 4.71. The Morgan fingerprint density at radius 3 is 2.17 bits per heavy atom. The minimum Gasteiger partial charge on any atom is -0.453 e. The molecule has 18 heavy (non-hydrogen) atoms. The van der Waals surface area contributed by atoms with Gasteiger partial charge >= 0.3 is 11.9 Å². The lowest BCUT2D eigenvalue weighted by molar-refractivity contribution is -0.157. The van der Waals surface area contributed by atoms with E-state index in [1.165, 1.54) is 12.2 Å². The van der Waals surface area contributed by atoms with Gasteiger partial charge in [0.05, 0.1) is 13.2 Å². The average molecular weight is 254 g/mol. The molecule has 1 rings (SSSR count). The van der Waals surface area contributed by atoms with Gasteiger partial charge in [0.2, 0.25) is 0 Å². The molecule has 1 fully saturated rings. The molecular formula is C13H18O5.